The molecule has 1 atom stereocenters. The van der Waals surface area contributed by atoms with E-state index in [0.29, 0.717) is 25.4 Å². The van der Waals surface area contributed by atoms with Gasteiger partial charge >= 0.3 is 6.18 Å². The van der Waals surface area contributed by atoms with Crippen molar-refractivity contribution in [1.29, 1.82) is 0 Å². The van der Waals surface area contributed by atoms with Gasteiger partial charge in [0.2, 0.25) is 0 Å². The fraction of sp³-hybridized carbons (Fsp3) is 0.429. The molecule has 2 heterocycles. The highest BCUT2D eigenvalue weighted by Gasteiger charge is 2.45. The topological polar surface area (TPSA) is 41.2 Å². The molecule has 0 aliphatic carbocycles. The largest absolute Gasteiger partial charge is 0.492 e. The third kappa shape index (κ3) is 5.60. The number of anilines is 1. The van der Waals surface area contributed by atoms with Crippen LogP contribution in [0.4, 0.5) is 24.5 Å². The molecule has 0 amide bonds. The number of para-hydroxylation sites is 2. The molecule has 1 aliphatic heterocycles. The van der Waals surface area contributed by atoms with Crippen molar-refractivity contribution in [3.63, 3.8) is 0 Å². The predicted octanol–water partition coefficient (Wildman–Crippen LogP) is 7.70. The van der Waals surface area contributed by atoms with Gasteiger partial charge in [-0.2, -0.15) is 13.2 Å². The molecular weight excluding hydrogens is 498 g/mol. The van der Waals surface area contributed by atoms with Gasteiger partial charge in [0, 0.05) is 31.3 Å². The van der Waals surface area contributed by atoms with Gasteiger partial charge in [0.15, 0.2) is 5.50 Å². The first-order valence-electron chi connectivity index (χ1n) is 12.5. The second-order valence-electron chi connectivity index (χ2n) is 10.1. The van der Waals surface area contributed by atoms with Crippen LogP contribution in [0.2, 0.25) is 0 Å². The predicted molar refractivity (Wildman–Crippen MR) is 145 cm³/mol. The Bertz CT molecular complexity index is 1270. The Kier molecular flexibility index (Phi) is 7.82. The van der Waals surface area contributed by atoms with E-state index < -0.39 is 24.1 Å². The maximum absolute atomic E-state index is 13.5. The van der Waals surface area contributed by atoms with Crippen LogP contribution in [0.1, 0.15) is 39.0 Å². The second kappa shape index (κ2) is 10.6. The van der Waals surface area contributed by atoms with Crippen LogP contribution < -0.4 is 15.1 Å². The SMILES string of the molecule is CCOc1ccccc1N1CCN(P(=Nc2cccc(C(F)(F)F)c2)(c2ccc(C)o2)C(C)(C)C)CC1. The Morgan fingerprint density at radius 1 is 0.946 bits per heavy atom. The van der Waals surface area contributed by atoms with Gasteiger partial charge in [-0.25, -0.2) is 4.74 Å². The van der Waals surface area contributed by atoms with Crippen LogP contribution in [-0.4, -0.2) is 42.6 Å². The van der Waals surface area contributed by atoms with E-state index in [1.807, 2.05) is 44.2 Å². The van der Waals surface area contributed by atoms with Gasteiger partial charge in [0.05, 0.1) is 23.5 Å². The number of rotatable bonds is 6. The molecule has 5 nitrogen and oxygen atoms in total. The number of nitrogens with zero attached hydrogens (tertiary/aromatic N) is 3. The lowest BCUT2D eigenvalue weighted by Crippen LogP contribution is -2.48. The van der Waals surface area contributed by atoms with Gasteiger partial charge in [-0.3, -0.25) is 4.67 Å². The van der Waals surface area contributed by atoms with Crippen LogP contribution in [0.15, 0.2) is 69.8 Å². The molecule has 0 saturated carbocycles. The summed E-state index contributed by atoms with van der Waals surface area (Å²) in [5.41, 5.74) is 1.40. The van der Waals surface area contributed by atoms with Crippen LogP contribution in [0.5, 0.6) is 5.75 Å². The molecule has 3 aromatic rings. The average molecular weight is 534 g/mol. The number of ether oxygens (including phenoxy) is 1. The summed E-state index contributed by atoms with van der Waals surface area (Å²) in [4.78, 5) is 2.30. The number of hydrogen-bond acceptors (Lipinski definition) is 4. The number of furan rings is 1. The van der Waals surface area contributed by atoms with E-state index in [0.717, 1.165) is 47.9 Å². The normalized spacial score (nSPS) is 16.9. The molecular formula is C28H35F3N3O2P. The van der Waals surface area contributed by atoms with Crippen molar-refractivity contribution in [1.82, 2.24) is 4.67 Å². The lowest BCUT2D eigenvalue weighted by atomic mass is 10.2. The summed E-state index contributed by atoms with van der Waals surface area (Å²) in [6, 6.07) is 17.2. The maximum Gasteiger partial charge on any atom is 0.416 e. The standard InChI is InChI=1S/C28H35F3N3O2P/c1-6-35-25-13-8-7-12-24(25)33-16-18-34(19-17-33)37(27(3,4)5,26-15-14-21(2)36-26)32-23-11-9-10-22(20-23)28(29,30)31/h7-15,20H,6,16-19H2,1-5H3. The summed E-state index contributed by atoms with van der Waals surface area (Å²) in [6.07, 6.45) is -4.44. The summed E-state index contributed by atoms with van der Waals surface area (Å²) < 4.78 is 60.2. The van der Waals surface area contributed by atoms with Gasteiger partial charge in [0.25, 0.3) is 0 Å². The molecule has 0 N–H and O–H groups in total. The first kappa shape index (κ1) is 27.3. The summed E-state index contributed by atoms with van der Waals surface area (Å²) in [6.45, 7) is 13.6. The molecule has 200 valence electrons. The molecule has 1 aliphatic rings. The zero-order valence-corrected chi connectivity index (χ0v) is 22.9. The molecule has 0 spiro atoms. The highest BCUT2D eigenvalue weighted by Crippen LogP contribution is 2.64. The Balaban J connectivity index is 1.79. The third-order valence-electron chi connectivity index (χ3n) is 6.57. The number of halogens is 3. The van der Waals surface area contributed by atoms with E-state index in [1.165, 1.54) is 6.07 Å². The number of hydrogen-bond donors (Lipinski definition) is 0. The summed E-state index contributed by atoms with van der Waals surface area (Å²) in [5, 5.41) is -0.392. The summed E-state index contributed by atoms with van der Waals surface area (Å²) in [7, 11) is -2.66. The van der Waals surface area contributed by atoms with Crippen molar-refractivity contribution in [2.75, 3.05) is 37.7 Å². The Morgan fingerprint density at radius 3 is 2.24 bits per heavy atom. The molecule has 0 radical (unpaired) electrons. The van der Waals surface area contributed by atoms with Crippen molar-refractivity contribution in [2.24, 2.45) is 4.74 Å². The van der Waals surface area contributed by atoms with E-state index in [4.69, 9.17) is 13.9 Å². The van der Waals surface area contributed by atoms with Crippen molar-refractivity contribution >= 4 is 24.1 Å². The van der Waals surface area contributed by atoms with Crippen molar-refractivity contribution in [3.05, 3.63) is 72.0 Å². The van der Waals surface area contributed by atoms with Crippen LogP contribution >= 0.6 is 7.21 Å². The molecule has 37 heavy (non-hydrogen) atoms. The highest BCUT2D eigenvalue weighted by atomic mass is 31.2. The van der Waals surface area contributed by atoms with E-state index in [1.54, 1.807) is 6.07 Å². The fourth-order valence-corrected chi connectivity index (χ4v) is 8.96. The van der Waals surface area contributed by atoms with Gasteiger partial charge < -0.3 is 14.1 Å². The highest BCUT2D eigenvalue weighted by molar-refractivity contribution is 7.72. The molecule has 1 fully saturated rings. The Labute approximate surface area is 217 Å². The number of benzene rings is 2. The van der Waals surface area contributed by atoms with Crippen molar-refractivity contribution in [2.45, 2.75) is 46.0 Å². The lowest BCUT2D eigenvalue weighted by Gasteiger charge is -2.47. The van der Waals surface area contributed by atoms with Gasteiger partial charge in [-0.15, -0.1) is 0 Å². The molecule has 2 aromatic carbocycles. The van der Waals surface area contributed by atoms with Crippen molar-refractivity contribution < 1.29 is 22.3 Å². The van der Waals surface area contributed by atoms with Gasteiger partial charge in [-0.1, -0.05) is 39.0 Å². The lowest BCUT2D eigenvalue weighted by molar-refractivity contribution is -0.137. The maximum atomic E-state index is 13.5. The van der Waals surface area contributed by atoms with Crippen LogP contribution in [-0.2, 0) is 6.18 Å². The molecule has 1 saturated heterocycles. The molecule has 4 rings (SSSR count). The van der Waals surface area contributed by atoms with E-state index in [-0.39, 0.29) is 0 Å². The number of alkyl halides is 3. The second-order valence-corrected chi connectivity index (χ2v) is 13.9. The summed E-state index contributed by atoms with van der Waals surface area (Å²) >= 11 is 0. The van der Waals surface area contributed by atoms with Crippen LogP contribution in [0.3, 0.4) is 0 Å². The molecule has 0 bridgehead atoms. The first-order valence-corrected chi connectivity index (χ1v) is 14.2. The third-order valence-corrected chi connectivity index (χ3v) is 11.0. The Hall–Kier alpha value is -2.70. The number of aryl methyl sites for hydroxylation is 1. The number of piperazine rings is 1. The van der Waals surface area contributed by atoms with Crippen LogP contribution in [0.25, 0.3) is 0 Å². The zero-order chi connectivity index (χ0) is 26.8. The van der Waals surface area contributed by atoms with Gasteiger partial charge in [0.1, 0.15) is 18.7 Å². The van der Waals surface area contributed by atoms with Gasteiger partial charge in [-0.05, 0) is 56.3 Å². The average Bonchev–Trinajstić information content (AvgIpc) is 3.28. The molecule has 9 heteroatoms. The molecule has 1 aromatic heterocycles. The minimum Gasteiger partial charge on any atom is -0.492 e. The van der Waals surface area contributed by atoms with E-state index in [2.05, 4.69) is 36.4 Å². The van der Waals surface area contributed by atoms with Crippen molar-refractivity contribution in [3.8, 4) is 5.75 Å². The first-order chi connectivity index (χ1) is 17.5. The minimum absolute atomic E-state index is 0.316. The fourth-order valence-electron chi connectivity index (χ4n) is 4.88. The molecule has 1 unspecified atom stereocenters. The van der Waals surface area contributed by atoms with Crippen LogP contribution in [0, 0.1) is 6.92 Å². The van der Waals surface area contributed by atoms with E-state index in [9.17, 15) is 13.2 Å². The smallest absolute Gasteiger partial charge is 0.416 e. The minimum atomic E-state index is -4.44. The zero-order valence-electron chi connectivity index (χ0n) is 22.0. The summed E-state index contributed by atoms with van der Waals surface area (Å²) in [5.74, 6) is 1.61. The monoisotopic (exact) mass is 533 g/mol. The quantitative estimate of drug-likeness (QED) is 0.305. The Morgan fingerprint density at radius 2 is 1.65 bits per heavy atom. The van der Waals surface area contributed by atoms with E-state index >= 15 is 0 Å².